The van der Waals surface area contributed by atoms with E-state index in [0.717, 1.165) is 15.6 Å². The van der Waals surface area contributed by atoms with E-state index in [1.165, 1.54) is 0 Å². The molecule has 0 saturated carbocycles. The first-order valence-electron chi connectivity index (χ1n) is 7.91. The first-order valence-corrected chi connectivity index (χ1v) is 8.71. The minimum absolute atomic E-state index is 0.308. The molecule has 0 saturated heterocycles. The van der Waals surface area contributed by atoms with Gasteiger partial charge in [0.1, 0.15) is 6.54 Å². The largest absolute Gasteiger partial charge is 0.454 e. The topological polar surface area (TPSA) is 84.5 Å². The number of ether oxygens (including phenoxy) is 1. The minimum Gasteiger partial charge on any atom is -0.454 e. The molecule has 2 aromatic rings. The Balaban J connectivity index is 1.74. The van der Waals surface area contributed by atoms with Crippen LogP contribution in [0.2, 0.25) is 0 Å². The second-order valence-corrected chi connectivity index (χ2v) is 6.63. The summed E-state index contributed by atoms with van der Waals surface area (Å²) in [4.78, 5) is 35.4. The van der Waals surface area contributed by atoms with Gasteiger partial charge in [-0.15, -0.1) is 0 Å². The predicted octanol–water partition coefficient (Wildman–Crippen LogP) is 2.98. The van der Waals surface area contributed by atoms with Gasteiger partial charge < -0.3 is 15.4 Å². The molecule has 2 amide bonds. The fourth-order valence-corrected chi connectivity index (χ4v) is 2.59. The summed E-state index contributed by atoms with van der Waals surface area (Å²) in [5.74, 6) is -1.52. The van der Waals surface area contributed by atoms with Crippen molar-refractivity contribution in [2.24, 2.45) is 0 Å². The number of aryl methyl sites for hydroxylation is 2. The van der Waals surface area contributed by atoms with Crippen molar-refractivity contribution in [3.63, 3.8) is 0 Å². The zero-order valence-electron chi connectivity index (χ0n) is 14.5. The highest BCUT2D eigenvalue weighted by molar-refractivity contribution is 9.10. The Kier molecular flexibility index (Phi) is 6.91. The summed E-state index contributed by atoms with van der Waals surface area (Å²) in [7, 11) is 0. The van der Waals surface area contributed by atoms with Crippen molar-refractivity contribution in [1.29, 1.82) is 0 Å². The summed E-state index contributed by atoms with van der Waals surface area (Å²) in [5, 5.41) is 5.12. The SMILES string of the molecule is Cc1ccc(C(=O)NCC(=O)OCC(=O)Nc2ccc(Br)cc2C)cc1. The Hall–Kier alpha value is -2.67. The molecule has 0 aliphatic rings. The molecule has 2 aromatic carbocycles. The van der Waals surface area contributed by atoms with Crippen LogP contribution < -0.4 is 10.6 Å². The fraction of sp³-hybridized carbons (Fsp3) is 0.211. The zero-order chi connectivity index (χ0) is 19.1. The van der Waals surface area contributed by atoms with Crippen molar-refractivity contribution in [2.75, 3.05) is 18.5 Å². The van der Waals surface area contributed by atoms with Crippen molar-refractivity contribution in [2.45, 2.75) is 13.8 Å². The summed E-state index contributed by atoms with van der Waals surface area (Å²) in [6.07, 6.45) is 0. The number of carbonyl (C=O) groups is 3. The van der Waals surface area contributed by atoms with Gasteiger partial charge >= 0.3 is 5.97 Å². The summed E-state index contributed by atoms with van der Waals surface area (Å²) in [6, 6.07) is 12.4. The van der Waals surface area contributed by atoms with Crippen LogP contribution in [0.1, 0.15) is 21.5 Å². The highest BCUT2D eigenvalue weighted by atomic mass is 79.9. The molecule has 0 aliphatic carbocycles. The molecule has 2 rings (SSSR count). The van der Waals surface area contributed by atoms with Crippen LogP contribution in [0.15, 0.2) is 46.9 Å². The lowest BCUT2D eigenvalue weighted by Gasteiger charge is -2.10. The molecule has 2 N–H and O–H groups in total. The molecule has 0 radical (unpaired) electrons. The van der Waals surface area contributed by atoms with Gasteiger partial charge in [-0.2, -0.15) is 0 Å². The maximum Gasteiger partial charge on any atom is 0.325 e. The number of hydrogen-bond acceptors (Lipinski definition) is 4. The van der Waals surface area contributed by atoms with Crippen LogP contribution in [0.4, 0.5) is 5.69 Å². The van der Waals surface area contributed by atoms with Crippen molar-refractivity contribution in [1.82, 2.24) is 5.32 Å². The van der Waals surface area contributed by atoms with Gasteiger partial charge in [-0.05, 0) is 49.7 Å². The summed E-state index contributed by atoms with van der Waals surface area (Å²) < 4.78 is 5.78. The summed E-state index contributed by atoms with van der Waals surface area (Å²) >= 11 is 3.34. The van der Waals surface area contributed by atoms with Crippen LogP contribution in [0, 0.1) is 13.8 Å². The summed E-state index contributed by atoms with van der Waals surface area (Å²) in [5.41, 5.74) is 3.01. The number of esters is 1. The highest BCUT2D eigenvalue weighted by Gasteiger charge is 2.11. The maximum atomic E-state index is 11.9. The molecule has 0 aromatic heterocycles. The molecule has 0 aliphatic heterocycles. The van der Waals surface area contributed by atoms with Gasteiger partial charge in [-0.3, -0.25) is 14.4 Å². The minimum atomic E-state index is -0.687. The van der Waals surface area contributed by atoms with E-state index in [0.29, 0.717) is 11.3 Å². The predicted molar refractivity (Wildman–Crippen MR) is 102 cm³/mol. The molecule has 136 valence electrons. The van der Waals surface area contributed by atoms with Gasteiger partial charge in [0.05, 0.1) is 0 Å². The number of rotatable bonds is 6. The van der Waals surface area contributed by atoms with E-state index < -0.39 is 18.5 Å². The maximum absolute atomic E-state index is 11.9. The molecule has 0 atom stereocenters. The monoisotopic (exact) mass is 418 g/mol. The van der Waals surface area contributed by atoms with E-state index in [-0.39, 0.29) is 12.5 Å². The lowest BCUT2D eigenvalue weighted by molar-refractivity contribution is -0.146. The Morgan fingerprint density at radius 3 is 2.38 bits per heavy atom. The van der Waals surface area contributed by atoms with Crippen LogP contribution in [-0.4, -0.2) is 30.9 Å². The average Bonchev–Trinajstić information content (AvgIpc) is 2.61. The van der Waals surface area contributed by atoms with Gasteiger partial charge in [0, 0.05) is 15.7 Å². The molecular weight excluding hydrogens is 400 g/mol. The number of nitrogens with one attached hydrogen (secondary N) is 2. The number of halogens is 1. The van der Waals surface area contributed by atoms with E-state index in [1.54, 1.807) is 24.3 Å². The normalized spacial score (nSPS) is 10.1. The van der Waals surface area contributed by atoms with Crippen LogP contribution in [0.5, 0.6) is 0 Å². The third-order valence-corrected chi connectivity index (χ3v) is 4.03. The first-order chi connectivity index (χ1) is 12.3. The van der Waals surface area contributed by atoms with E-state index in [2.05, 4.69) is 26.6 Å². The molecular formula is C19H19BrN2O4. The Morgan fingerprint density at radius 1 is 1.04 bits per heavy atom. The molecule has 26 heavy (non-hydrogen) atoms. The Labute approximate surface area is 160 Å². The first kappa shape index (κ1) is 19.7. The number of hydrogen-bond donors (Lipinski definition) is 2. The van der Waals surface area contributed by atoms with Crippen molar-refractivity contribution < 1.29 is 19.1 Å². The quantitative estimate of drug-likeness (QED) is 0.706. The number of carbonyl (C=O) groups excluding carboxylic acids is 3. The molecule has 0 fully saturated rings. The van der Waals surface area contributed by atoms with Crippen molar-refractivity contribution in [3.8, 4) is 0 Å². The zero-order valence-corrected chi connectivity index (χ0v) is 16.1. The van der Waals surface area contributed by atoms with Gasteiger partial charge in [0.25, 0.3) is 11.8 Å². The number of amides is 2. The number of benzene rings is 2. The number of anilines is 1. The second-order valence-electron chi connectivity index (χ2n) is 5.72. The van der Waals surface area contributed by atoms with Gasteiger partial charge in [-0.25, -0.2) is 0 Å². The van der Waals surface area contributed by atoms with E-state index >= 15 is 0 Å². The Bertz CT molecular complexity index is 819. The van der Waals surface area contributed by atoms with Gasteiger partial charge in [-0.1, -0.05) is 33.6 Å². The molecule has 0 heterocycles. The van der Waals surface area contributed by atoms with Crippen LogP contribution in [0.25, 0.3) is 0 Å². The standard InChI is InChI=1S/C19H19BrN2O4/c1-12-3-5-14(6-4-12)19(25)21-10-18(24)26-11-17(23)22-16-8-7-15(20)9-13(16)2/h3-9H,10-11H2,1-2H3,(H,21,25)(H,22,23). The van der Waals surface area contributed by atoms with E-state index in [9.17, 15) is 14.4 Å². The van der Waals surface area contributed by atoms with Crippen LogP contribution >= 0.6 is 15.9 Å². The fourth-order valence-electron chi connectivity index (χ4n) is 2.11. The lowest BCUT2D eigenvalue weighted by Crippen LogP contribution is -2.32. The Morgan fingerprint density at radius 2 is 1.73 bits per heavy atom. The second kappa shape index (κ2) is 9.15. The van der Waals surface area contributed by atoms with Gasteiger partial charge in [0.15, 0.2) is 6.61 Å². The molecule has 0 unspecified atom stereocenters. The smallest absolute Gasteiger partial charge is 0.325 e. The van der Waals surface area contributed by atoms with Crippen LogP contribution in [-0.2, 0) is 14.3 Å². The third kappa shape index (κ3) is 6.00. The molecule has 6 nitrogen and oxygen atoms in total. The van der Waals surface area contributed by atoms with E-state index in [4.69, 9.17) is 4.74 Å². The lowest BCUT2D eigenvalue weighted by atomic mass is 10.1. The van der Waals surface area contributed by atoms with Gasteiger partial charge in [0.2, 0.25) is 0 Å². The summed E-state index contributed by atoms with van der Waals surface area (Å²) in [6.45, 7) is 3.04. The van der Waals surface area contributed by atoms with Crippen molar-refractivity contribution in [3.05, 3.63) is 63.6 Å². The van der Waals surface area contributed by atoms with Crippen LogP contribution in [0.3, 0.4) is 0 Å². The molecule has 0 bridgehead atoms. The highest BCUT2D eigenvalue weighted by Crippen LogP contribution is 2.19. The van der Waals surface area contributed by atoms with Crippen molar-refractivity contribution >= 4 is 39.4 Å². The third-order valence-electron chi connectivity index (χ3n) is 3.53. The molecule has 7 heteroatoms. The average molecular weight is 419 g/mol. The van der Waals surface area contributed by atoms with E-state index in [1.807, 2.05) is 32.0 Å². The molecule has 0 spiro atoms.